The molecule has 2 heterocycles. The third-order valence-electron chi connectivity index (χ3n) is 2.77. The number of carbonyl (C=O) groups is 2. The number of hydrogen-bond acceptors (Lipinski definition) is 4. The summed E-state index contributed by atoms with van der Waals surface area (Å²) in [7, 11) is 0. The van der Waals surface area contributed by atoms with Crippen molar-refractivity contribution in [2.75, 3.05) is 18.2 Å². The average Bonchev–Trinajstić information content (AvgIpc) is 3.00. The van der Waals surface area contributed by atoms with Crippen molar-refractivity contribution in [3.05, 3.63) is 30.5 Å². The van der Waals surface area contributed by atoms with E-state index in [0.717, 1.165) is 0 Å². The van der Waals surface area contributed by atoms with Crippen LogP contribution < -0.4 is 10.7 Å². The highest BCUT2D eigenvalue weighted by molar-refractivity contribution is 6.10. The van der Waals surface area contributed by atoms with Crippen LogP contribution in [0.2, 0.25) is 0 Å². The summed E-state index contributed by atoms with van der Waals surface area (Å²) in [6, 6.07) is 3.40. The molecule has 1 aromatic rings. The predicted molar refractivity (Wildman–Crippen MR) is 68.7 cm³/mol. The smallest absolute Gasteiger partial charge is 0.278 e. The molecule has 1 saturated heterocycles. The minimum absolute atomic E-state index is 0.207. The molecule has 0 spiro atoms. The number of hydrogen-bond donors (Lipinski definition) is 2. The molecule has 1 unspecified atom stereocenters. The summed E-state index contributed by atoms with van der Waals surface area (Å²) in [5.74, 6) is -0.335. The summed E-state index contributed by atoms with van der Waals surface area (Å²) >= 11 is 0. The van der Waals surface area contributed by atoms with Crippen LogP contribution in [0.1, 0.15) is 6.92 Å². The van der Waals surface area contributed by atoms with Gasteiger partial charge in [-0.2, -0.15) is 5.01 Å². The van der Waals surface area contributed by atoms with Crippen molar-refractivity contribution in [2.45, 2.75) is 13.2 Å². The Balaban J connectivity index is 2.42. The molecule has 2 amide bonds. The lowest BCUT2D eigenvalue weighted by Crippen LogP contribution is -2.50. The Morgan fingerprint density at radius 1 is 1.63 bits per heavy atom. The van der Waals surface area contributed by atoms with E-state index in [1.165, 1.54) is 10.0 Å². The van der Waals surface area contributed by atoms with E-state index in [4.69, 9.17) is 10.5 Å². The van der Waals surface area contributed by atoms with Gasteiger partial charge in [-0.05, 0) is 19.1 Å². The Labute approximate surface area is 110 Å². The molecule has 7 nitrogen and oxygen atoms in total. The third-order valence-corrected chi connectivity index (χ3v) is 2.77. The number of aromatic amines is 1. The van der Waals surface area contributed by atoms with Crippen LogP contribution in [0.3, 0.4) is 0 Å². The van der Waals surface area contributed by atoms with Crippen LogP contribution in [0.5, 0.6) is 0 Å². The number of rotatable bonds is 4. The summed E-state index contributed by atoms with van der Waals surface area (Å²) in [4.78, 5) is 27.1. The fraction of sp³-hybridized carbons (Fsp3) is 0.333. The van der Waals surface area contributed by atoms with Crippen molar-refractivity contribution in [2.24, 2.45) is 5.73 Å². The number of carbonyl (C=O) groups excluding carboxylic acids is 2. The van der Waals surface area contributed by atoms with Crippen molar-refractivity contribution < 1.29 is 14.3 Å². The molecule has 1 fully saturated rings. The zero-order valence-electron chi connectivity index (χ0n) is 10.6. The van der Waals surface area contributed by atoms with Gasteiger partial charge in [-0.15, -0.1) is 0 Å². The molecule has 1 atom stereocenters. The zero-order chi connectivity index (χ0) is 14.0. The Morgan fingerprint density at radius 3 is 2.89 bits per heavy atom. The molecule has 1 aliphatic rings. The van der Waals surface area contributed by atoms with E-state index in [1.54, 1.807) is 25.3 Å². The number of nitrogens with zero attached hydrogens (tertiary/aromatic N) is 2. The van der Waals surface area contributed by atoms with Crippen molar-refractivity contribution in [1.29, 1.82) is 0 Å². The Hall–Kier alpha value is -2.12. The van der Waals surface area contributed by atoms with Gasteiger partial charge in [0.25, 0.3) is 11.8 Å². The molecule has 2 rings (SSSR count). The second-order valence-electron chi connectivity index (χ2n) is 3.95. The second kappa shape index (κ2) is 5.25. The van der Waals surface area contributed by atoms with E-state index in [0.29, 0.717) is 12.4 Å². The molecule has 1 aromatic heterocycles. The maximum atomic E-state index is 12.2. The second-order valence-corrected chi connectivity index (χ2v) is 3.95. The summed E-state index contributed by atoms with van der Waals surface area (Å²) in [6.45, 7) is 5.61. The van der Waals surface area contributed by atoms with Crippen molar-refractivity contribution in [3.63, 3.8) is 0 Å². The molecule has 0 radical (unpaired) electrons. The van der Waals surface area contributed by atoms with E-state index in [2.05, 4.69) is 11.6 Å². The highest BCUT2D eigenvalue weighted by atomic mass is 16.5. The third kappa shape index (κ3) is 2.13. The van der Waals surface area contributed by atoms with Gasteiger partial charge in [0.1, 0.15) is 5.82 Å². The van der Waals surface area contributed by atoms with Gasteiger partial charge in [-0.25, -0.2) is 5.01 Å². The van der Waals surface area contributed by atoms with Crippen LogP contribution in [0.4, 0.5) is 5.82 Å². The number of amides is 2. The van der Waals surface area contributed by atoms with Gasteiger partial charge in [0.2, 0.25) is 0 Å². The van der Waals surface area contributed by atoms with Crippen LogP contribution in [0.15, 0.2) is 30.5 Å². The number of nitrogens with two attached hydrogens (primary N) is 1. The van der Waals surface area contributed by atoms with Crippen LogP contribution >= 0.6 is 0 Å². The first-order valence-electron chi connectivity index (χ1n) is 5.92. The Kier molecular flexibility index (Phi) is 3.68. The lowest BCUT2D eigenvalue weighted by molar-refractivity contribution is -0.140. The van der Waals surface area contributed by atoms with Crippen molar-refractivity contribution in [3.8, 4) is 0 Å². The topological polar surface area (TPSA) is 91.7 Å². The van der Waals surface area contributed by atoms with Crippen molar-refractivity contribution >= 4 is 17.6 Å². The molecule has 1 aliphatic heterocycles. The molecule has 102 valence electrons. The predicted octanol–water partition coefficient (Wildman–Crippen LogP) is -0.0176. The highest BCUT2D eigenvalue weighted by Gasteiger charge is 2.45. The van der Waals surface area contributed by atoms with Gasteiger partial charge < -0.3 is 15.5 Å². The van der Waals surface area contributed by atoms with Gasteiger partial charge in [-0.3, -0.25) is 9.59 Å². The molecule has 0 aromatic carbocycles. The largest absolute Gasteiger partial charge is 0.352 e. The number of ether oxygens (including phenoxy) is 1. The van der Waals surface area contributed by atoms with Crippen LogP contribution in [0, 0.1) is 0 Å². The van der Waals surface area contributed by atoms with Crippen LogP contribution in [-0.4, -0.2) is 41.2 Å². The fourth-order valence-electron chi connectivity index (χ4n) is 1.93. The zero-order valence-corrected chi connectivity index (χ0v) is 10.6. The number of hydrazine groups is 1. The highest BCUT2D eigenvalue weighted by Crippen LogP contribution is 2.29. The maximum Gasteiger partial charge on any atom is 0.278 e. The van der Waals surface area contributed by atoms with Gasteiger partial charge in [-0.1, -0.05) is 6.58 Å². The summed E-state index contributed by atoms with van der Waals surface area (Å²) in [5, 5.41) is 2.40. The van der Waals surface area contributed by atoms with Gasteiger partial charge in [0.05, 0.1) is 12.1 Å². The van der Waals surface area contributed by atoms with E-state index >= 15 is 0 Å². The van der Waals surface area contributed by atoms with Gasteiger partial charge in [0.15, 0.2) is 6.23 Å². The lowest BCUT2D eigenvalue weighted by atomic mass is 10.2. The van der Waals surface area contributed by atoms with Crippen molar-refractivity contribution in [1.82, 2.24) is 9.99 Å². The molecule has 19 heavy (non-hydrogen) atoms. The van der Waals surface area contributed by atoms with Crippen LogP contribution in [0.25, 0.3) is 0 Å². The number of nitrogens with one attached hydrogen (secondary N) is 1. The number of anilines is 1. The first kappa shape index (κ1) is 13.3. The standard InChI is InChI=1S/C12H16N4O3/c1-3-19-12-8(2)11(18)15(9-5-4-6-14-9)16(12)10(17)7-13/h4-6,12,14H,2-3,7,13H2,1H3. The van der Waals surface area contributed by atoms with Gasteiger partial charge >= 0.3 is 0 Å². The lowest BCUT2D eigenvalue weighted by Gasteiger charge is -2.29. The molecule has 7 heteroatoms. The summed E-state index contributed by atoms with van der Waals surface area (Å²) < 4.78 is 5.42. The SMILES string of the molecule is C=C1C(=O)N(c2ccc[nH]2)N(C(=O)CN)C1OCC. The molecular formula is C12H16N4O3. The first-order valence-corrected chi connectivity index (χ1v) is 5.92. The minimum atomic E-state index is -0.808. The van der Waals surface area contributed by atoms with Crippen LogP contribution in [-0.2, 0) is 14.3 Å². The van der Waals surface area contributed by atoms with E-state index in [9.17, 15) is 9.59 Å². The number of H-pyrrole nitrogens is 1. The quantitative estimate of drug-likeness (QED) is 0.748. The first-order chi connectivity index (χ1) is 9.11. The maximum absolute atomic E-state index is 12.2. The van der Waals surface area contributed by atoms with Gasteiger partial charge in [0, 0.05) is 12.8 Å². The molecule has 0 bridgehead atoms. The Morgan fingerprint density at radius 2 is 2.37 bits per heavy atom. The summed E-state index contributed by atoms with van der Waals surface area (Å²) in [5.41, 5.74) is 5.60. The molecular weight excluding hydrogens is 248 g/mol. The monoisotopic (exact) mass is 264 g/mol. The Bertz CT molecular complexity index is 497. The molecule has 3 N–H and O–H groups in total. The van der Waals surface area contributed by atoms with E-state index < -0.39 is 12.1 Å². The normalized spacial score (nSPS) is 19.4. The molecule has 0 aliphatic carbocycles. The van der Waals surface area contributed by atoms with E-state index in [-0.39, 0.29) is 18.0 Å². The molecule has 0 saturated carbocycles. The number of aromatic nitrogens is 1. The fourth-order valence-corrected chi connectivity index (χ4v) is 1.93. The minimum Gasteiger partial charge on any atom is -0.352 e. The average molecular weight is 264 g/mol. The summed E-state index contributed by atoms with van der Waals surface area (Å²) in [6.07, 6.45) is 0.849. The van der Waals surface area contributed by atoms with E-state index in [1.807, 2.05) is 0 Å².